The zero-order valence-electron chi connectivity index (χ0n) is 9.48. The third-order valence-electron chi connectivity index (χ3n) is 3.17. The first-order valence-electron chi connectivity index (χ1n) is 5.74. The second-order valence-electron chi connectivity index (χ2n) is 4.21. The summed E-state index contributed by atoms with van der Waals surface area (Å²) in [6.45, 7) is 5.45. The highest BCUT2D eigenvalue weighted by atomic mass is 32.1. The summed E-state index contributed by atoms with van der Waals surface area (Å²) >= 11 is 5.18. The molecule has 1 fully saturated rings. The maximum absolute atomic E-state index is 11.1. The summed E-state index contributed by atoms with van der Waals surface area (Å²) < 4.78 is 2.55. The molecule has 0 aliphatic carbocycles. The Balaban J connectivity index is 2.23. The number of aromatic amines is 1. The van der Waals surface area contributed by atoms with Gasteiger partial charge in [-0.3, -0.25) is 9.78 Å². The molecule has 4 nitrogen and oxygen atoms in total. The molecule has 0 saturated carbocycles. The first-order valence-corrected chi connectivity index (χ1v) is 6.15. The van der Waals surface area contributed by atoms with Crippen molar-refractivity contribution < 1.29 is 0 Å². The van der Waals surface area contributed by atoms with Gasteiger partial charge in [0, 0.05) is 24.8 Å². The minimum absolute atomic E-state index is 0.121. The van der Waals surface area contributed by atoms with Gasteiger partial charge < -0.3 is 9.47 Å². The van der Waals surface area contributed by atoms with Crippen LogP contribution in [-0.2, 0) is 0 Å². The number of rotatable bonds is 2. The summed E-state index contributed by atoms with van der Waals surface area (Å²) in [4.78, 5) is 16.2. The smallest absolute Gasteiger partial charge is 0.251 e. The lowest BCUT2D eigenvalue weighted by atomic mass is 10.1. The van der Waals surface area contributed by atoms with Gasteiger partial charge in [0.2, 0.25) is 0 Å². The lowest BCUT2D eigenvalue weighted by Gasteiger charge is -2.33. The molecule has 0 radical (unpaired) electrons. The molecule has 1 atom stereocenters. The van der Waals surface area contributed by atoms with E-state index in [0.29, 0.717) is 10.8 Å². The van der Waals surface area contributed by atoms with Gasteiger partial charge >= 0.3 is 0 Å². The molecular weight excluding hydrogens is 222 g/mol. The van der Waals surface area contributed by atoms with Crippen molar-refractivity contribution in [1.82, 2.24) is 14.5 Å². The number of nitrogens with zero attached hydrogens (tertiary/aromatic N) is 2. The molecule has 1 N–H and O–H groups in total. The molecule has 5 heteroatoms. The zero-order valence-corrected chi connectivity index (χ0v) is 10.3. The van der Waals surface area contributed by atoms with Crippen LogP contribution < -0.4 is 5.56 Å². The van der Waals surface area contributed by atoms with Gasteiger partial charge in [0.15, 0.2) is 4.77 Å². The normalized spacial score (nSPS) is 22.2. The molecule has 1 aromatic rings. The first kappa shape index (κ1) is 11.5. The molecule has 2 rings (SSSR count). The van der Waals surface area contributed by atoms with Gasteiger partial charge in [-0.25, -0.2) is 0 Å². The van der Waals surface area contributed by atoms with Crippen molar-refractivity contribution in [2.45, 2.75) is 25.8 Å². The number of H-pyrrole nitrogens is 1. The Morgan fingerprint density at radius 2 is 2.44 bits per heavy atom. The van der Waals surface area contributed by atoms with Crippen LogP contribution in [0.2, 0.25) is 0 Å². The van der Waals surface area contributed by atoms with E-state index in [1.54, 1.807) is 6.07 Å². The van der Waals surface area contributed by atoms with Crippen molar-refractivity contribution >= 4 is 12.2 Å². The summed E-state index contributed by atoms with van der Waals surface area (Å²) in [7, 11) is 0. The highest BCUT2D eigenvalue weighted by molar-refractivity contribution is 7.71. The van der Waals surface area contributed by atoms with Crippen LogP contribution in [0.15, 0.2) is 17.1 Å². The van der Waals surface area contributed by atoms with E-state index in [9.17, 15) is 4.79 Å². The van der Waals surface area contributed by atoms with Crippen molar-refractivity contribution in [3.05, 3.63) is 27.4 Å². The fraction of sp³-hybridized carbons (Fsp3) is 0.636. The van der Waals surface area contributed by atoms with Gasteiger partial charge in [-0.15, -0.1) is 0 Å². The molecule has 0 spiro atoms. The summed E-state index contributed by atoms with van der Waals surface area (Å²) in [5.41, 5.74) is -0.121. The highest BCUT2D eigenvalue weighted by Gasteiger charge is 2.19. The minimum Gasteiger partial charge on any atom is -0.321 e. The Labute approximate surface area is 99.9 Å². The van der Waals surface area contributed by atoms with Gasteiger partial charge in [0.1, 0.15) is 0 Å². The number of likely N-dealkylation sites (N-methyl/N-ethyl adjacent to an activating group) is 1. The number of hydrogen-bond donors (Lipinski definition) is 1. The minimum atomic E-state index is -0.121. The van der Waals surface area contributed by atoms with Crippen LogP contribution in [0, 0.1) is 4.77 Å². The Hall–Kier alpha value is -0.940. The van der Waals surface area contributed by atoms with Crippen molar-refractivity contribution in [3.8, 4) is 0 Å². The zero-order chi connectivity index (χ0) is 11.5. The topological polar surface area (TPSA) is 41.0 Å². The predicted molar refractivity (Wildman–Crippen MR) is 66.3 cm³/mol. The summed E-state index contributed by atoms with van der Waals surface area (Å²) in [5.74, 6) is 0. The molecule has 0 amide bonds. The number of likely N-dealkylation sites (tertiary alicyclic amines) is 1. The maximum Gasteiger partial charge on any atom is 0.251 e. The molecule has 1 aliphatic rings. The third kappa shape index (κ3) is 2.41. The molecule has 1 aliphatic heterocycles. The fourth-order valence-electron chi connectivity index (χ4n) is 2.26. The van der Waals surface area contributed by atoms with Gasteiger partial charge in [0.25, 0.3) is 5.56 Å². The van der Waals surface area contributed by atoms with Crippen molar-refractivity contribution in [3.63, 3.8) is 0 Å². The van der Waals surface area contributed by atoms with Crippen molar-refractivity contribution in [1.29, 1.82) is 0 Å². The highest BCUT2D eigenvalue weighted by Crippen LogP contribution is 2.20. The number of piperidine rings is 1. The van der Waals surface area contributed by atoms with Crippen molar-refractivity contribution in [2.75, 3.05) is 19.6 Å². The van der Waals surface area contributed by atoms with Crippen LogP contribution in [0.3, 0.4) is 0 Å². The number of nitrogens with one attached hydrogen (secondary N) is 1. The SMILES string of the molecule is CCN1CCCC(n2ccc(=O)[nH]c2=S)C1. The van der Waals surface area contributed by atoms with Gasteiger partial charge in [-0.05, 0) is 38.1 Å². The van der Waals surface area contributed by atoms with Crippen molar-refractivity contribution in [2.24, 2.45) is 0 Å². The summed E-state index contributed by atoms with van der Waals surface area (Å²) in [6.07, 6.45) is 4.14. The molecular formula is C11H17N3OS. The lowest BCUT2D eigenvalue weighted by molar-refractivity contribution is 0.183. The molecule has 0 bridgehead atoms. The molecule has 1 aromatic heterocycles. The fourth-order valence-corrected chi connectivity index (χ4v) is 2.57. The molecule has 1 saturated heterocycles. The molecule has 88 valence electrons. The molecule has 1 unspecified atom stereocenters. The summed E-state index contributed by atoms with van der Waals surface area (Å²) in [5, 5.41) is 0. The molecule has 0 aromatic carbocycles. The van der Waals surface area contributed by atoms with Crippen LogP contribution >= 0.6 is 12.2 Å². The average molecular weight is 239 g/mol. The first-order chi connectivity index (χ1) is 7.70. The van der Waals surface area contributed by atoms with E-state index in [-0.39, 0.29) is 5.56 Å². The second-order valence-corrected chi connectivity index (χ2v) is 4.59. The van der Waals surface area contributed by atoms with E-state index in [0.717, 1.165) is 19.5 Å². The van der Waals surface area contributed by atoms with Crippen LogP contribution in [0.25, 0.3) is 0 Å². The summed E-state index contributed by atoms with van der Waals surface area (Å²) in [6, 6.07) is 1.94. The maximum atomic E-state index is 11.1. The van der Waals surface area contributed by atoms with E-state index in [4.69, 9.17) is 12.2 Å². The van der Waals surface area contributed by atoms with E-state index in [1.165, 1.54) is 13.0 Å². The number of hydrogen-bond acceptors (Lipinski definition) is 3. The Morgan fingerprint density at radius 3 is 3.12 bits per heavy atom. The average Bonchev–Trinajstić information content (AvgIpc) is 2.29. The largest absolute Gasteiger partial charge is 0.321 e. The lowest BCUT2D eigenvalue weighted by Crippen LogP contribution is -2.36. The standard InChI is InChI=1S/C11H17N3OS/c1-2-13-6-3-4-9(8-13)14-7-5-10(15)12-11(14)16/h5,7,9H,2-4,6,8H2,1H3,(H,12,15,16). The Kier molecular flexibility index (Phi) is 3.56. The van der Waals surface area contributed by atoms with Crippen LogP contribution in [0.4, 0.5) is 0 Å². The second kappa shape index (κ2) is 4.93. The molecule has 2 heterocycles. The van der Waals surface area contributed by atoms with Crippen LogP contribution in [-0.4, -0.2) is 34.1 Å². The van der Waals surface area contributed by atoms with Crippen LogP contribution in [0.1, 0.15) is 25.8 Å². The number of aromatic nitrogens is 2. The van der Waals surface area contributed by atoms with Gasteiger partial charge in [0.05, 0.1) is 0 Å². The molecule has 16 heavy (non-hydrogen) atoms. The third-order valence-corrected chi connectivity index (χ3v) is 3.49. The van der Waals surface area contributed by atoms with E-state index >= 15 is 0 Å². The van der Waals surface area contributed by atoms with E-state index < -0.39 is 0 Å². The monoisotopic (exact) mass is 239 g/mol. The Bertz CT molecular complexity index is 465. The quantitative estimate of drug-likeness (QED) is 0.796. The predicted octanol–water partition coefficient (Wildman–Crippen LogP) is 1.56. The van der Waals surface area contributed by atoms with E-state index in [2.05, 4.69) is 16.8 Å². The van der Waals surface area contributed by atoms with Crippen LogP contribution in [0.5, 0.6) is 0 Å². The van der Waals surface area contributed by atoms with E-state index in [1.807, 2.05) is 10.8 Å². The van der Waals surface area contributed by atoms with Gasteiger partial charge in [-0.2, -0.15) is 0 Å². The Morgan fingerprint density at radius 1 is 1.62 bits per heavy atom. The van der Waals surface area contributed by atoms with Gasteiger partial charge in [-0.1, -0.05) is 6.92 Å².